The number of sulfone groups is 1. The largest absolute Gasteiger partial charge is 0.402 e. The third-order valence-corrected chi connectivity index (χ3v) is 6.95. The number of aromatic nitrogens is 2. The zero-order chi connectivity index (χ0) is 20.1. The molecule has 9 heteroatoms. The van der Waals surface area contributed by atoms with Crippen LogP contribution in [0.1, 0.15) is 34.8 Å². The van der Waals surface area contributed by atoms with Gasteiger partial charge in [0.1, 0.15) is 5.15 Å². The van der Waals surface area contributed by atoms with Crippen molar-refractivity contribution in [3.8, 4) is 0 Å². The molecule has 28 heavy (non-hydrogen) atoms. The van der Waals surface area contributed by atoms with E-state index >= 15 is 0 Å². The van der Waals surface area contributed by atoms with Gasteiger partial charge in [-0.3, -0.25) is 0 Å². The van der Waals surface area contributed by atoms with Crippen molar-refractivity contribution in [1.29, 1.82) is 0 Å². The summed E-state index contributed by atoms with van der Waals surface area (Å²) in [6, 6.07) is 7.19. The maximum atomic E-state index is 12.2. The van der Waals surface area contributed by atoms with Gasteiger partial charge in [0.05, 0.1) is 23.2 Å². The van der Waals surface area contributed by atoms with E-state index in [1.807, 2.05) is 31.2 Å². The molecule has 1 saturated heterocycles. The maximum Gasteiger partial charge on any atom is 0.363 e. The summed E-state index contributed by atoms with van der Waals surface area (Å²) < 4.78 is 30.3. The number of cyclic esters (lactones) is 1. The highest BCUT2D eigenvalue weighted by Gasteiger charge is 2.32. The molecule has 4 rings (SSSR count). The van der Waals surface area contributed by atoms with Crippen LogP contribution in [-0.4, -0.2) is 41.6 Å². The van der Waals surface area contributed by atoms with Crippen LogP contribution in [0.5, 0.6) is 0 Å². The summed E-state index contributed by atoms with van der Waals surface area (Å²) in [4.78, 5) is 16.5. The molecule has 7 nitrogen and oxygen atoms in total. The molecule has 2 aliphatic rings. The summed E-state index contributed by atoms with van der Waals surface area (Å²) in [5.74, 6) is -0.192. The number of esters is 1. The third-order valence-electron chi connectivity index (χ3n) is 4.83. The molecule has 0 spiro atoms. The molecule has 0 N–H and O–H groups in total. The number of rotatable bonds is 3. The number of halogens is 1. The number of aryl methyl sites for hydroxylation is 2. The Morgan fingerprint density at radius 3 is 2.61 bits per heavy atom. The topological polar surface area (TPSA) is 90.6 Å². The number of carbonyl (C=O) groups excluding carboxylic acids is 1. The number of benzene rings is 1. The number of aliphatic imine (C=N–C) groups is 1. The van der Waals surface area contributed by atoms with Crippen LogP contribution in [0.2, 0.25) is 5.15 Å². The van der Waals surface area contributed by atoms with Crippen LogP contribution < -0.4 is 0 Å². The molecule has 146 valence electrons. The van der Waals surface area contributed by atoms with Gasteiger partial charge in [-0.25, -0.2) is 22.9 Å². The van der Waals surface area contributed by atoms with E-state index in [0.29, 0.717) is 28.4 Å². The molecular formula is C19H18ClN3O4S. The van der Waals surface area contributed by atoms with Crippen LogP contribution in [0.25, 0.3) is 6.08 Å². The lowest BCUT2D eigenvalue weighted by molar-refractivity contribution is -0.129. The standard InChI is InChI=1S/C19H18ClN3O4S/c1-11-3-5-13(6-4-11)18-21-16(19(24)27-18)9-15-12(2)22-23(17(15)20)14-7-8-28(25,26)10-14/h3-6,9,14H,7-8,10H2,1-2H3/b16-9-/t14-/m1/s1. The molecule has 0 unspecified atom stereocenters. The second-order valence-electron chi connectivity index (χ2n) is 6.99. The summed E-state index contributed by atoms with van der Waals surface area (Å²) in [5, 5.41) is 4.68. The van der Waals surface area contributed by atoms with E-state index < -0.39 is 15.8 Å². The van der Waals surface area contributed by atoms with Gasteiger partial charge in [0, 0.05) is 11.1 Å². The van der Waals surface area contributed by atoms with Crippen molar-refractivity contribution in [1.82, 2.24) is 9.78 Å². The van der Waals surface area contributed by atoms with Gasteiger partial charge in [-0.2, -0.15) is 5.10 Å². The molecule has 3 heterocycles. The minimum atomic E-state index is -3.07. The van der Waals surface area contributed by atoms with Gasteiger partial charge in [-0.1, -0.05) is 29.3 Å². The van der Waals surface area contributed by atoms with E-state index in [1.165, 1.54) is 10.8 Å². The Balaban J connectivity index is 1.67. The number of ether oxygens (including phenoxy) is 1. The molecule has 0 amide bonds. The quantitative estimate of drug-likeness (QED) is 0.563. The molecule has 1 atom stereocenters. The van der Waals surface area contributed by atoms with Crippen LogP contribution in [-0.2, 0) is 19.4 Å². The molecule has 1 aromatic heterocycles. The number of hydrogen-bond acceptors (Lipinski definition) is 6. The van der Waals surface area contributed by atoms with E-state index in [9.17, 15) is 13.2 Å². The molecule has 0 bridgehead atoms. The predicted molar refractivity (Wildman–Crippen MR) is 106 cm³/mol. The smallest absolute Gasteiger partial charge is 0.363 e. The molecule has 2 aromatic rings. The lowest BCUT2D eigenvalue weighted by Crippen LogP contribution is -2.12. The Morgan fingerprint density at radius 1 is 1.25 bits per heavy atom. The van der Waals surface area contributed by atoms with Crippen molar-refractivity contribution in [3.63, 3.8) is 0 Å². The van der Waals surface area contributed by atoms with Gasteiger partial charge in [-0.05, 0) is 38.5 Å². The molecule has 0 saturated carbocycles. The van der Waals surface area contributed by atoms with E-state index in [1.54, 1.807) is 6.92 Å². The van der Waals surface area contributed by atoms with Crippen molar-refractivity contribution in [3.05, 3.63) is 57.5 Å². The average Bonchev–Trinajstić information content (AvgIpc) is 3.27. The molecule has 1 fully saturated rings. The molecule has 0 aliphatic carbocycles. The van der Waals surface area contributed by atoms with Gasteiger partial charge < -0.3 is 4.74 Å². The van der Waals surface area contributed by atoms with E-state index in [-0.39, 0.29) is 29.1 Å². The lowest BCUT2D eigenvalue weighted by atomic mass is 10.1. The van der Waals surface area contributed by atoms with Crippen molar-refractivity contribution >= 4 is 39.4 Å². The van der Waals surface area contributed by atoms with Crippen LogP contribution in [0.4, 0.5) is 0 Å². The fourth-order valence-electron chi connectivity index (χ4n) is 3.27. The van der Waals surface area contributed by atoms with Crippen LogP contribution in [0.3, 0.4) is 0 Å². The third kappa shape index (κ3) is 3.49. The van der Waals surface area contributed by atoms with Gasteiger partial charge in [-0.15, -0.1) is 0 Å². The highest BCUT2D eigenvalue weighted by atomic mass is 35.5. The normalized spacial score (nSPS) is 22.5. The fraction of sp³-hybridized carbons (Fsp3) is 0.316. The van der Waals surface area contributed by atoms with Gasteiger partial charge >= 0.3 is 5.97 Å². The number of carbonyl (C=O) groups is 1. The van der Waals surface area contributed by atoms with Crippen molar-refractivity contribution in [2.45, 2.75) is 26.3 Å². The summed E-state index contributed by atoms with van der Waals surface area (Å²) in [5.41, 5.74) is 3.05. The first-order valence-corrected chi connectivity index (χ1v) is 11.0. The zero-order valence-electron chi connectivity index (χ0n) is 15.3. The van der Waals surface area contributed by atoms with Crippen molar-refractivity contribution < 1.29 is 17.9 Å². The summed E-state index contributed by atoms with van der Waals surface area (Å²) in [6.45, 7) is 3.72. The molecule has 1 aromatic carbocycles. The van der Waals surface area contributed by atoms with Crippen LogP contribution in [0, 0.1) is 13.8 Å². The summed E-state index contributed by atoms with van der Waals surface area (Å²) in [7, 11) is -3.07. The van der Waals surface area contributed by atoms with Crippen molar-refractivity contribution in [2.75, 3.05) is 11.5 Å². The summed E-state index contributed by atoms with van der Waals surface area (Å²) in [6.07, 6.45) is 2.01. The monoisotopic (exact) mass is 419 g/mol. The van der Waals surface area contributed by atoms with Crippen LogP contribution in [0.15, 0.2) is 35.0 Å². The fourth-order valence-corrected chi connectivity index (χ4v) is 5.33. The minimum absolute atomic E-state index is 0.0155. The minimum Gasteiger partial charge on any atom is -0.402 e. The number of hydrogen-bond donors (Lipinski definition) is 0. The Labute approximate surface area is 167 Å². The lowest BCUT2D eigenvalue weighted by Gasteiger charge is -2.09. The molecule has 0 radical (unpaired) electrons. The Bertz CT molecular complexity index is 1130. The molecular weight excluding hydrogens is 402 g/mol. The average molecular weight is 420 g/mol. The highest BCUT2D eigenvalue weighted by Crippen LogP contribution is 2.32. The second-order valence-corrected chi connectivity index (χ2v) is 9.58. The Morgan fingerprint density at radius 2 is 1.96 bits per heavy atom. The first-order chi connectivity index (χ1) is 13.2. The zero-order valence-corrected chi connectivity index (χ0v) is 16.9. The Kier molecular flexibility index (Phi) is 4.63. The van der Waals surface area contributed by atoms with Crippen LogP contribution >= 0.6 is 11.6 Å². The second kappa shape index (κ2) is 6.86. The maximum absolute atomic E-state index is 12.2. The predicted octanol–water partition coefficient (Wildman–Crippen LogP) is 2.86. The summed E-state index contributed by atoms with van der Waals surface area (Å²) >= 11 is 6.46. The van der Waals surface area contributed by atoms with Gasteiger partial charge in [0.25, 0.3) is 0 Å². The SMILES string of the molecule is Cc1ccc(C2=N/C(=C\c3c(C)nn([C@@H]4CCS(=O)(=O)C4)c3Cl)C(=O)O2)cc1. The van der Waals surface area contributed by atoms with E-state index in [2.05, 4.69) is 10.1 Å². The van der Waals surface area contributed by atoms with Crippen molar-refractivity contribution in [2.24, 2.45) is 4.99 Å². The molecule has 2 aliphatic heterocycles. The van der Waals surface area contributed by atoms with Gasteiger partial charge in [0.2, 0.25) is 5.90 Å². The highest BCUT2D eigenvalue weighted by molar-refractivity contribution is 7.91. The number of nitrogens with zero attached hydrogens (tertiary/aromatic N) is 3. The Hall–Kier alpha value is -2.45. The van der Waals surface area contributed by atoms with E-state index in [4.69, 9.17) is 16.3 Å². The first kappa shape index (κ1) is 18.9. The van der Waals surface area contributed by atoms with E-state index in [0.717, 1.165) is 5.56 Å². The van der Waals surface area contributed by atoms with Gasteiger partial charge in [0.15, 0.2) is 15.5 Å². The first-order valence-electron chi connectivity index (χ1n) is 8.78.